The SMILES string of the molecule is COC(=O)[C@H]1[C@@H]([C@@H]2CC2(c2ccccc2)c2ccccc2)C=C[C@H]2COC(=O)[C@H]12. The van der Waals surface area contributed by atoms with Gasteiger partial charge >= 0.3 is 11.9 Å². The van der Waals surface area contributed by atoms with Crippen molar-refractivity contribution in [2.24, 2.45) is 29.6 Å². The van der Waals surface area contributed by atoms with Crippen LogP contribution in [0.1, 0.15) is 17.5 Å². The van der Waals surface area contributed by atoms with Gasteiger partial charge in [-0.2, -0.15) is 0 Å². The lowest BCUT2D eigenvalue weighted by molar-refractivity contribution is -0.156. The summed E-state index contributed by atoms with van der Waals surface area (Å²) in [5.41, 5.74) is 2.35. The number of benzene rings is 2. The Balaban J connectivity index is 1.58. The van der Waals surface area contributed by atoms with Crippen LogP contribution in [-0.4, -0.2) is 25.7 Å². The molecule has 4 heteroatoms. The molecular formula is C25H24O4. The van der Waals surface area contributed by atoms with E-state index in [-0.39, 0.29) is 35.1 Å². The van der Waals surface area contributed by atoms with Crippen LogP contribution in [-0.2, 0) is 24.5 Å². The van der Waals surface area contributed by atoms with Crippen LogP contribution in [0.5, 0.6) is 0 Å². The lowest BCUT2D eigenvalue weighted by atomic mass is 9.68. The van der Waals surface area contributed by atoms with E-state index >= 15 is 0 Å². The quantitative estimate of drug-likeness (QED) is 0.591. The van der Waals surface area contributed by atoms with Crippen molar-refractivity contribution in [3.05, 3.63) is 83.9 Å². The van der Waals surface area contributed by atoms with E-state index in [2.05, 4.69) is 60.7 Å². The van der Waals surface area contributed by atoms with Gasteiger partial charge < -0.3 is 9.47 Å². The van der Waals surface area contributed by atoms with E-state index in [4.69, 9.17) is 9.47 Å². The molecule has 5 atom stereocenters. The molecule has 3 aliphatic rings. The largest absolute Gasteiger partial charge is 0.469 e. The van der Waals surface area contributed by atoms with Crippen LogP contribution in [0.25, 0.3) is 0 Å². The Morgan fingerprint density at radius 3 is 2.21 bits per heavy atom. The van der Waals surface area contributed by atoms with E-state index < -0.39 is 11.8 Å². The Bertz CT molecular complexity index is 910. The smallest absolute Gasteiger partial charge is 0.310 e. The zero-order chi connectivity index (χ0) is 20.0. The third-order valence-electron chi connectivity index (χ3n) is 7.06. The molecule has 1 saturated carbocycles. The van der Waals surface area contributed by atoms with E-state index in [1.807, 2.05) is 12.1 Å². The summed E-state index contributed by atoms with van der Waals surface area (Å²) in [6.45, 7) is 0.355. The first kappa shape index (κ1) is 18.2. The summed E-state index contributed by atoms with van der Waals surface area (Å²) >= 11 is 0. The topological polar surface area (TPSA) is 52.6 Å². The van der Waals surface area contributed by atoms with E-state index in [1.165, 1.54) is 18.2 Å². The number of carbonyl (C=O) groups excluding carboxylic acids is 2. The monoisotopic (exact) mass is 388 g/mol. The van der Waals surface area contributed by atoms with Crippen molar-refractivity contribution in [2.45, 2.75) is 11.8 Å². The first-order valence-electron chi connectivity index (χ1n) is 10.2. The Morgan fingerprint density at radius 1 is 1.00 bits per heavy atom. The van der Waals surface area contributed by atoms with Crippen molar-refractivity contribution >= 4 is 11.9 Å². The van der Waals surface area contributed by atoms with Crippen molar-refractivity contribution in [2.75, 3.05) is 13.7 Å². The number of hydrogen-bond acceptors (Lipinski definition) is 4. The van der Waals surface area contributed by atoms with Gasteiger partial charge in [0.1, 0.15) is 0 Å². The number of carbonyl (C=O) groups is 2. The summed E-state index contributed by atoms with van der Waals surface area (Å²) in [5, 5.41) is 0. The number of allylic oxidation sites excluding steroid dienone is 1. The molecule has 29 heavy (non-hydrogen) atoms. The van der Waals surface area contributed by atoms with Crippen LogP contribution >= 0.6 is 0 Å². The van der Waals surface area contributed by atoms with Gasteiger partial charge in [0, 0.05) is 11.3 Å². The van der Waals surface area contributed by atoms with Gasteiger partial charge in [0.2, 0.25) is 0 Å². The Morgan fingerprint density at radius 2 is 1.62 bits per heavy atom. The highest BCUT2D eigenvalue weighted by molar-refractivity contribution is 5.85. The average molecular weight is 388 g/mol. The number of hydrogen-bond donors (Lipinski definition) is 0. The molecule has 0 aromatic heterocycles. The van der Waals surface area contributed by atoms with Crippen molar-refractivity contribution < 1.29 is 19.1 Å². The summed E-state index contributed by atoms with van der Waals surface area (Å²) in [6, 6.07) is 21.0. The van der Waals surface area contributed by atoms with Gasteiger partial charge in [0.15, 0.2) is 0 Å². The fraction of sp³-hybridized carbons (Fsp3) is 0.360. The van der Waals surface area contributed by atoms with Crippen molar-refractivity contribution in [3.63, 3.8) is 0 Å². The van der Waals surface area contributed by atoms with Crippen LogP contribution in [0.3, 0.4) is 0 Å². The first-order chi connectivity index (χ1) is 14.2. The molecule has 2 aromatic rings. The molecule has 0 bridgehead atoms. The van der Waals surface area contributed by atoms with E-state index in [0.717, 1.165) is 6.42 Å². The Hall–Kier alpha value is -2.88. The van der Waals surface area contributed by atoms with Crippen LogP contribution in [0.2, 0.25) is 0 Å². The molecule has 2 aliphatic carbocycles. The minimum atomic E-state index is -0.496. The molecule has 0 spiro atoms. The van der Waals surface area contributed by atoms with Gasteiger partial charge in [-0.3, -0.25) is 9.59 Å². The summed E-state index contributed by atoms with van der Waals surface area (Å²) in [5.74, 6) is -1.40. The fourth-order valence-corrected chi connectivity index (χ4v) is 5.65. The second-order valence-electron chi connectivity index (χ2n) is 8.34. The maximum absolute atomic E-state index is 12.8. The first-order valence-corrected chi connectivity index (χ1v) is 10.2. The van der Waals surface area contributed by atoms with Gasteiger partial charge in [-0.25, -0.2) is 0 Å². The van der Waals surface area contributed by atoms with Crippen LogP contribution in [0.4, 0.5) is 0 Å². The molecule has 1 aliphatic heterocycles. The minimum absolute atomic E-state index is 0.0375. The van der Waals surface area contributed by atoms with Crippen molar-refractivity contribution in [1.29, 1.82) is 0 Å². The van der Waals surface area contributed by atoms with Gasteiger partial charge in [-0.05, 0) is 29.4 Å². The van der Waals surface area contributed by atoms with E-state index in [1.54, 1.807) is 0 Å². The molecule has 4 nitrogen and oxygen atoms in total. The van der Waals surface area contributed by atoms with Crippen molar-refractivity contribution in [1.82, 2.24) is 0 Å². The maximum Gasteiger partial charge on any atom is 0.310 e. The molecule has 5 rings (SSSR count). The molecule has 0 radical (unpaired) electrons. The maximum atomic E-state index is 12.8. The fourth-order valence-electron chi connectivity index (χ4n) is 5.65. The second kappa shape index (κ2) is 6.87. The van der Waals surface area contributed by atoms with Gasteiger partial charge in [-0.15, -0.1) is 0 Å². The number of cyclic esters (lactones) is 1. The predicted molar refractivity (Wildman–Crippen MR) is 108 cm³/mol. The summed E-state index contributed by atoms with van der Waals surface area (Å²) in [6.07, 6.45) is 5.16. The molecule has 2 fully saturated rings. The average Bonchev–Trinajstić information content (AvgIpc) is 3.44. The molecule has 0 unspecified atom stereocenters. The summed E-state index contributed by atoms with van der Waals surface area (Å²) in [7, 11) is 1.40. The molecule has 1 saturated heterocycles. The van der Waals surface area contributed by atoms with E-state index in [9.17, 15) is 9.59 Å². The number of rotatable bonds is 4. The van der Waals surface area contributed by atoms with Crippen LogP contribution in [0.15, 0.2) is 72.8 Å². The lowest BCUT2D eigenvalue weighted by Gasteiger charge is -2.33. The highest BCUT2D eigenvalue weighted by Gasteiger charge is 2.63. The molecule has 0 amide bonds. The van der Waals surface area contributed by atoms with Crippen LogP contribution in [0, 0.1) is 29.6 Å². The minimum Gasteiger partial charge on any atom is -0.469 e. The van der Waals surface area contributed by atoms with E-state index in [0.29, 0.717) is 6.61 Å². The number of fused-ring (bicyclic) bond motifs is 1. The molecule has 1 heterocycles. The molecule has 0 N–H and O–H groups in total. The third-order valence-corrected chi connectivity index (χ3v) is 7.06. The highest BCUT2D eigenvalue weighted by Crippen LogP contribution is 2.65. The Kier molecular flexibility index (Phi) is 4.30. The normalized spacial score (nSPS) is 31.6. The van der Waals surface area contributed by atoms with Gasteiger partial charge in [0.05, 0.1) is 25.6 Å². The zero-order valence-corrected chi connectivity index (χ0v) is 16.4. The molecular weight excluding hydrogens is 364 g/mol. The number of ether oxygens (including phenoxy) is 2. The molecule has 148 valence electrons. The zero-order valence-electron chi connectivity index (χ0n) is 16.4. The molecule has 2 aromatic carbocycles. The Labute approximate surface area is 170 Å². The number of esters is 2. The lowest BCUT2D eigenvalue weighted by Crippen LogP contribution is -2.40. The highest BCUT2D eigenvalue weighted by atomic mass is 16.5. The summed E-state index contributed by atoms with van der Waals surface area (Å²) in [4.78, 5) is 25.3. The standard InChI is InChI=1S/C25H24O4/c1-28-23(26)22-19(13-12-16-15-29-24(27)21(16)22)20-14-25(20,17-8-4-2-5-9-17)18-10-6-3-7-11-18/h2-13,16,19-22H,14-15H2,1H3/t16-,19+,20-,21-,22-/m0/s1. The van der Waals surface area contributed by atoms with Gasteiger partial charge in [0.25, 0.3) is 0 Å². The van der Waals surface area contributed by atoms with Crippen molar-refractivity contribution in [3.8, 4) is 0 Å². The third kappa shape index (κ3) is 2.73. The van der Waals surface area contributed by atoms with Crippen LogP contribution < -0.4 is 0 Å². The second-order valence-corrected chi connectivity index (χ2v) is 8.34. The van der Waals surface area contributed by atoms with Gasteiger partial charge in [-0.1, -0.05) is 72.8 Å². The summed E-state index contributed by atoms with van der Waals surface area (Å²) < 4.78 is 10.4. The predicted octanol–water partition coefficient (Wildman–Crippen LogP) is 3.76. The number of methoxy groups -OCH3 is 1.